The van der Waals surface area contributed by atoms with Crippen LogP contribution in [0.2, 0.25) is 5.02 Å². The van der Waals surface area contributed by atoms with E-state index in [0.29, 0.717) is 0 Å². The van der Waals surface area contributed by atoms with Gasteiger partial charge < -0.3 is 9.80 Å². The van der Waals surface area contributed by atoms with Crippen LogP contribution in [0.15, 0.2) is 41.6 Å². The van der Waals surface area contributed by atoms with Gasteiger partial charge in [-0.3, -0.25) is 5.43 Å². The molecule has 1 fully saturated rings. The third-order valence-corrected chi connectivity index (χ3v) is 4.73. The third-order valence-electron chi connectivity index (χ3n) is 4.44. The van der Waals surface area contributed by atoms with Gasteiger partial charge in [0.15, 0.2) is 5.82 Å². The van der Waals surface area contributed by atoms with Gasteiger partial charge in [0, 0.05) is 17.4 Å². The molecule has 1 aliphatic heterocycles. The number of nitrogens with one attached hydrogen (secondary N) is 2. The third kappa shape index (κ3) is 4.90. The lowest BCUT2D eigenvalue weighted by molar-refractivity contribution is -0.880. The minimum atomic E-state index is -4.48. The summed E-state index contributed by atoms with van der Waals surface area (Å²) in [5.41, 5.74) is 3.70. The molecule has 2 heterocycles. The molecular formula is C18H20ClF3N5+. The van der Waals surface area contributed by atoms with Gasteiger partial charge in [0.1, 0.15) is 0 Å². The van der Waals surface area contributed by atoms with Crippen molar-refractivity contribution in [2.24, 2.45) is 5.10 Å². The molecule has 1 aromatic carbocycles. The van der Waals surface area contributed by atoms with Gasteiger partial charge in [0.2, 0.25) is 0 Å². The van der Waals surface area contributed by atoms with Crippen LogP contribution in [-0.4, -0.2) is 44.4 Å². The van der Waals surface area contributed by atoms with Gasteiger partial charge >= 0.3 is 6.18 Å². The van der Waals surface area contributed by atoms with E-state index in [1.165, 1.54) is 4.90 Å². The maximum Gasteiger partial charge on any atom is 0.417 e. The molecule has 0 radical (unpaired) electrons. The molecule has 1 saturated heterocycles. The number of hydrogen-bond donors (Lipinski definition) is 2. The van der Waals surface area contributed by atoms with Crippen LogP contribution in [0.1, 0.15) is 11.1 Å². The van der Waals surface area contributed by atoms with Gasteiger partial charge in [0.05, 0.1) is 50.0 Å². The van der Waals surface area contributed by atoms with Gasteiger partial charge in [-0.25, -0.2) is 4.98 Å². The Bertz CT molecular complexity index is 817. The van der Waals surface area contributed by atoms with Gasteiger partial charge in [0.25, 0.3) is 0 Å². The Hall–Kier alpha value is -2.32. The summed E-state index contributed by atoms with van der Waals surface area (Å²) in [4.78, 5) is 7.51. The van der Waals surface area contributed by atoms with E-state index in [9.17, 15) is 13.2 Å². The van der Waals surface area contributed by atoms with Crippen LogP contribution in [0.25, 0.3) is 0 Å². The molecule has 0 unspecified atom stereocenters. The van der Waals surface area contributed by atoms with E-state index in [2.05, 4.69) is 27.5 Å². The van der Waals surface area contributed by atoms with E-state index < -0.39 is 11.7 Å². The molecule has 1 aliphatic rings. The second kappa shape index (κ2) is 8.14. The van der Waals surface area contributed by atoms with E-state index in [4.69, 9.17) is 11.6 Å². The first-order valence-electron chi connectivity index (χ1n) is 8.51. The van der Waals surface area contributed by atoms with Crippen molar-refractivity contribution >= 4 is 29.3 Å². The van der Waals surface area contributed by atoms with Crippen LogP contribution in [0, 0.1) is 0 Å². The average molecular weight is 399 g/mol. The number of rotatable bonds is 4. The normalized spacial score (nSPS) is 16.1. The highest BCUT2D eigenvalue weighted by molar-refractivity contribution is 6.32. The lowest BCUT2D eigenvalue weighted by Crippen LogP contribution is -3.12. The lowest BCUT2D eigenvalue weighted by atomic mass is 10.1. The molecule has 144 valence electrons. The van der Waals surface area contributed by atoms with Crippen LogP contribution < -0.4 is 15.2 Å². The van der Waals surface area contributed by atoms with Crippen LogP contribution in [0.4, 0.5) is 24.7 Å². The summed E-state index contributed by atoms with van der Waals surface area (Å²) >= 11 is 5.87. The maximum atomic E-state index is 12.7. The Morgan fingerprint density at radius 2 is 1.96 bits per heavy atom. The van der Waals surface area contributed by atoms with Gasteiger partial charge in [-0.05, 0) is 12.1 Å². The summed E-state index contributed by atoms with van der Waals surface area (Å²) in [5, 5.41) is 3.96. The van der Waals surface area contributed by atoms with Gasteiger partial charge in [-0.2, -0.15) is 18.3 Å². The number of halogens is 4. The number of likely N-dealkylation sites (N-methyl/N-ethyl adjacent to an activating group) is 1. The van der Waals surface area contributed by atoms with Crippen LogP contribution in [0.5, 0.6) is 0 Å². The van der Waals surface area contributed by atoms with E-state index in [1.807, 2.05) is 24.3 Å². The fraction of sp³-hybridized carbons (Fsp3) is 0.333. The number of quaternary nitrogens is 1. The summed E-state index contributed by atoms with van der Waals surface area (Å²) in [6, 6.07) is 8.68. The molecule has 5 nitrogen and oxygen atoms in total. The standard InChI is InChI=1S/C18H19ClF3N5/c1-26-6-8-27(9-7-26)16-5-3-2-4-13(16)11-24-25-17-15(19)10-14(12-23-17)18(20,21)22/h2-5,10-12H,6-9H2,1H3,(H,23,25)/p+1. The number of pyridine rings is 1. The second-order valence-corrected chi connectivity index (χ2v) is 6.83. The highest BCUT2D eigenvalue weighted by Crippen LogP contribution is 2.32. The van der Waals surface area contributed by atoms with Crippen LogP contribution >= 0.6 is 11.6 Å². The first kappa shape index (κ1) is 19.4. The predicted molar refractivity (Wildman–Crippen MR) is 101 cm³/mol. The van der Waals surface area contributed by atoms with Crippen LogP contribution in [-0.2, 0) is 6.18 Å². The van der Waals surface area contributed by atoms with Crippen molar-refractivity contribution in [1.29, 1.82) is 0 Å². The quantitative estimate of drug-likeness (QED) is 0.614. The van der Waals surface area contributed by atoms with Crippen LogP contribution in [0.3, 0.4) is 0 Å². The molecule has 0 saturated carbocycles. The number of nitrogens with zero attached hydrogens (tertiary/aromatic N) is 3. The topological polar surface area (TPSA) is 45.0 Å². The maximum absolute atomic E-state index is 12.7. The fourth-order valence-corrected chi connectivity index (χ4v) is 3.06. The lowest BCUT2D eigenvalue weighted by Gasteiger charge is -2.32. The van der Waals surface area contributed by atoms with E-state index in [0.717, 1.165) is 49.7 Å². The molecule has 2 aromatic rings. The smallest absolute Gasteiger partial charge is 0.360 e. The summed E-state index contributed by atoms with van der Waals surface area (Å²) in [6.07, 6.45) is -2.14. The first-order chi connectivity index (χ1) is 12.8. The molecule has 2 N–H and O–H groups in total. The van der Waals surface area contributed by atoms with Gasteiger partial charge in [-0.15, -0.1) is 0 Å². The van der Waals surface area contributed by atoms with Crippen molar-refractivity contribution in [2.45, 2.75) is 6.18 Å². The molecular weight excluding hydrogens is 379 g/mol. The zero-order chi connectivity index (χ0) is 19.4. The van der Waals surface area contributed by atoms with Crippen molar-refractivity contribution in [3.05, 3.63) is 52.7 Å². The second-order valence-electron chi connectivity index (χ2n) is 6.43. The van der Waals surface area contributed by atoms with Crippen molar-refractivity contribution in [3.63, 3.8) is 0 Å². The van der Waals surface area contributed by atoms with Crippen molar-refractivity contribution in [2.75, 3.05) is 43.6 Å². The highest BCUT2D eigenvalue weighted by atomic mass is 35.5. The Labute approximate surface area is 160 Å². The number of piperazine rings is 1. The number of alkyl halides is 3. The molecule has 0 bridgehead atoms. The summed E-state index contributed by atoms with van der Waals surface area (Å²) in [6.45, 7) is 4.04. The molecule has 9 heteroatoms. The minimum absolute atomic E-state index is 0.0709. The Balaban J connectivity index is 1.72. The Morgan fingerprint density at radius 3 is 2.63 bits per heavy atom. The van der Waals surface area contributed by atoms with E-state index in [1.54, 1.807) is 6.21 Å². The van der Waals surface area contributed by atoms with Gasteiger partial charge in [-0.1, -0.05) is 29.8 Å². The minimum Gasteiger partial charge on any atom is -0.360 e. The van der Waals surface area contributed by atoms with E-state index >= 15 is 0 Å². The predicted octanol–water partition coefficient (Wildman–Crippen LogP) is 2.53. The van der Waals surface area contributed by atoms with Crippen molar-refractivity contribution in [1.82, 2.24) is 4.98 Å². The van der Waals surface area contributed by atoms with Crippen molar-refractivity contribution < 1.29 is 18.1 Å². The number of hydrogen-bond acceptors (Lipinski definition) is 4. The largest absolute Gasteiger partial charge is 0.417 e. The SMILES string of the molecule is C[NH+]1CCN(c2ccccc2C=NNc2ncc(C(F)(F)F)cc2Cl)CC1. The molecule has 0 atom stereocenters. The Kier molecular flexibility index (Phi) is 5.86. The monoisotopic (exact) mass is 398 g/mol. The zero-order valence-electron chi connectivity index (χ0n) is 14.7. The number of benzene rings is 1. The molecule has 3 rings (SSSR count). The first-order valence-corrected chi connectivity index (χ1v) is 8.89. The Morgan fingerprint density at radius 1 is 1.26 bits per heavy atom. The highest BCUT2D eigenvalue weighted by Gasteiger charge is 2.31. The molecule has 0 spiro atoms. The molecule has 27 heavy (non-hydrogen) atoms. The molecule has 0 amide bonds. The average Bonchev–Trinajstić information content (AvgIpc) is 2.63. The number of aromatic nitrogens is 1. The van der Waals surface area contributed by atoms with Crippen molar-refractivity contribution in [3.8, 4) is 0 Å². The number of para-hydroxylation sites is 1. The summed E-state index contributed by atoms with van der Waals surface area (Å²) in [5.74, 6) is 0.0709. The summed E-state index contributed by atoms with van der Waals surface area (Å²) in [7, 11) is 2.18. The van der Waals surface area contributed by atoms with E-state index in [-0.39, 0.29) is 10.8 Å². The number of anilines is 2. The zero-order valence-corrected chi connectivity index (χ0v) is 15.5. The fourth-order valence-electron chi connectivity index (χ4n) is 2.85. The number of hydrazone groups is 1. The molecule has 1 aromatic heterocycles. The molecule has 0 aliphatic carbocycles. The summed E-state index contributed by atoms with van der Waals surface area (Å²) < 4.78 is 38.0.